The first-order valence-electron chi connectivity index (χ1n) is 7.60. The highest BCUT2D eigenvalue weighted by molar-refractivity contribution is 5.93. The highest BCUT2D eigenvalue weighted by Crippen LogP contribution is 2.23. The van der Waals surface area contributed by atoms with Gasteiger partial charge in [0.25, 0.3) is 5.91 Å². The molecular weight excluding hydrogens is 325 g/mol. The summed E-state index contributed by atoms with van der Waals surface area (Å²) in [5.74, 6) is -0.301. The topological polar surface area (TPSA) is 77.2 Å². The number of ether oxygens (including phenoxy) is 1. The second-order valence-electron chi connectivity index (χ2n) is 5.41. The Labute approximate surface area is 143 Å². The molecule has 0 bridgehead atoms. The number of hydrogen-bond acceptors (Lipinski definition) is 5. The molecule has 0 aliphatic carbocycles. The molecule has 1 unspecified atom stereocenters. The van der Waals surface area contributed by atoms with Crippen LogP contribution in [0.4, 0.5) is 4.39 Å². The van der Waals surface area contributed by atoms with Crippen LogP contribution >= 0.6 is 0 Å². The van der Waals surface area contributed by atoms with E-state index >= 15 is 0 Å². The second-order valence-corrected chi connectivity index (χ2v) is 5.41. The molecule has 0 aliphatic heterocycles. The first kappa shape index (κ1) is 16.6. The smallest absolute Gasteiger partial charge is 0.273 e. The van der Waals surface area contributed by atoms with Crippen LogP contribution in [0.1, 0.15) is 29.0 Å². The van der Waals surface area contributed by atoms with Gasteiger partial charge in [0.1, 0.15) is 0 Å². The van der Waals surface area contributed by atoms with Gasteiger partial charge < -0.3 is 14.6 Å². The van der Waals surface area contributed by atoms with E-state index in [1.54, 1.807) is 37.5 Å². The average Bonchev–Trinajstić information content (AvgIpc) is 3.12. The Kier molecular flexibility index (Phi) is 4.74. The van der Waals surface area contributed by atoms with E-state index < -0.39 is 17.8 Å². The van der Waals surface area contributed by atoms with Gasteiger partial charge in [-0.1, -0.05) is 11.2 Å². The number of aromatic nitrogens is 2. The van der Waals surface area contributed by atoms with E-state index in [2.05, 4.69) is 15.5 Å². The van der Waals surface area contributed by atoms with Crippen LogP contribution in [-0.4, -0.2) is 23.2 Å². The van der Waals surface area contributed by atoms with Crippen molar-refractivity contribution in [2.75, 3.05) is 7.11 Å². The van der Waals surface area contributed by atoms with Crippen molar-refractivity contribution in [3.8, 4) is 17.1 Å². The lowest BCUT2D eigenvalue weighted by Gasteiger charge is -2.14. The Hall–Kier alpha value is -3.22. The van der Waals surface area contributed by atoms with E-state index in [0.29, 0.717) is 11.3 Å². The summed E-state index contributed by atoms with van der Waals surface area (Å²) in [6.45, 7) is 1.75. The Morgan fingerprint density at radius 3 is 2.84 bits per heavy atom. The minimum absolute atomic E-state index is 0.139. The van der Waals surface area contributed by atoms with Crippen LogP contribution in [0.15, 0.2) is 53.3 Å². The van der Waals surface area contributed by atoms with Gasteiger partial charge >= 0.3 is 0 Å². The molecule has 1 aromatic carbocycles. The molecule has 2 aromatic heterocycles. The van der Waals surface area contributed by atoms with Crippen molar-refractivity contribution in [2.24, 2.45) is 0 Å². The zero-order chi connectivity index (χ0) is 17.8. The highest BCUT2D eigenvalue weighted by atomic mass is 19.1. The maximum Gasteiger partial charge on any atom is 0.273 e. The molecule has 1 atom stereocenters. The van der Waals surface area contributed by atoms with Crippen LogP contribution in [-0.2, 0) is 0 Å². The lowest BCUT2D eigenvalue weighted by atomic mass is 10.1. The molecule has 25 heavy (non-hydrogen) atoms. The monoisotopic (exact) mass is 341 g/mol. The van der Waals surface area contributed by atoms with Gasteiger partial charge in [-0.3, -0.25) is 9.78 Å². The van der Waals surface area contributed by atoms with Crippen LogP contribution in [0.5, 0.6) is 5.75 Å². The van der Waals surface area contributed by atoms with Crippen LogP contribution in [0, 0.1) is 5.82 Å². The number of halogens is 1. The number of pyridine rings is 1. The molecule has 128 valence electrons. The van der Waals surface area contributed by atoms with Crippen molar-refractivity contribution in [1.29, 1.82) is 0 Å². The molecular formula is C18H16FN3O3. The third kappa shape index (κ3) is 3.65. The Balaban J connectivity index is 1.72. The standard InChI is InChI=1S/C18H16FN3O3/c1-11(12-5-6-16(24-2)14(19)8-12)21-18(23)15-9-17(25-22-15)13-4-3-7-20-10-13/h3-11H,1-2H3,(H,21,23). The SMILES string of the molecule is COc1ccc(C(C)NC(=O)c2cc(-c3cccnc3)on2)cc1F. The largest absolute Gasteiger partial charge is 0.494 e. The van der Waals surface area contributed by atoms with Gasteiger partial charge in [0.15, 0.2) is 23.0 Å². The second kappa shape index (κ2) is 7.12. The molecule has 0 aliphatic rings. The summed E-state index contributed by atoms with van der Waals surface area (Å²) in [4.78, 5) is 16.3. The van der Waals surface area contributed by atoms with Crippen LogP contribution in [0.3, 0.4) is 0 Å². The van der Waals surface area contributed by atoms with Gasteiger partial charge in [0.2, 0.25) is 0 Å². The third-order valence-electron chi connectivity index (χ3n) is 3.71. The molecule has 3 aromatic rings. The third-order valence-corrected chi connectivity index (χ3v) is 3.71. The summed E-state index contributed by atoms with van der Waals surface area (Å²) in [6, 6.07) is 9.23. The Bertz CT molecular complexity index is 880. The molecule has 0 spiro atoms. The van der Waals surface area contributed by atoms with Gasteiger partial charge in [0.05, 0.1) is 13.2 Å². The summed E-state index contributed by atoms with van der Waals surface area (Å²) in [5, 5.41) is 6.53. The van der Waals surface area contributed by atoms with Gasteiger partial charge in [-0.2, -0.15) is 0 Å². The predicted octanol–water partition coefficient (Wildman–Crippen LogP) is 3.38. The van der Waals surface area contributed by atoms with Crippen LogP contribution in [0.25, 0.3) is 11.3 Å². The Morgan fingerprint density at radius 1 is 1.32 bits per heavy atom. The van der Waals surface area contributed by atoms with Gasteiger partial charge in [0, 0.05) is 24.0 Å². The number of nitrogens with one attached hydrogen (secondary N) is 1. The zero-order valence-corrected chi connectivity index (χ0v) is 13.7. The van der Waals surface area contributed by atoms with E-state index in [0.717, 1.165) is 5.56 Å². The van der Waals surface area contributed by atoms with Crippen molar-refractivity contribution in [3.05, 3.63) is 65.9 Å². The fraction of sp³-hybridized carbons (Fsp3) is 0.167. The molecule has 2 heterocycles. The predicted molar refractivity (Wildman–Crippen MR) is 88.6 cm³/mol. The molecule has 0 radical (unpaired) electrons. The number of methoxy groups -OCH3 is 1. The summed E-state index contributed by atoms with van der Waals surface area (Å²) in [7, 11) is 1.40. The molecule has 0 saturated heterocycles. The Morgan fingerprint density at radius 2 is 2.16 bits per heavy atom. The van der Waals surface area contributed by atoms with Gasteiger partial charge in [-0.25, -0.2) is 4.39 Å². The van der Waals surface area contributed by atoms with Gasteiger partial charge in [-0.05, 0) is 36.8 Å². The van der Waals surface area contributed by atoms with E-state index in [-0.39, 0.29) is 11.4 Å². The van der Waals surface area contributed by atoms with Crippen molar-refractivity contribution in [1.82, 2.24) is 15.5 Å². The van der Waals surface area contributed by atoms with Crippen LogP contribution in [0.2, 0.25) is 0 Å². The molecule has 3 rings (SSSR count). The van der Waals surface area contributed by atoms with Crippen molar-refractivity contribution in [3.63, 3.8) is 0 Å². The molecule has 1 N–H and O–H groups in total. The van der Waals surface area contributed by atoms with Crippen molar-refractivity contribution < 1.29 is 18.4 Å². The number of hydrogen-bond donors (Lipinski definition) is 1. The number of nitrogens with zero attached hydrogens (tertiary/aromatic N) is 2. The van der Waals surface area contributed by atoms with E-state index in [1.165, 1.54) is 25.3 Å². The molecule has 6 nitrogen and oxygen atoms in total. The summed E-state index contributed by atoms with van der Waals surface area (Å²) < 4.78 is 23.9. The normalized spacial score (nSPS) is 11.8. The number of rotatable bonds is 5. The summed E-state index contributed by atoms with van der Waals surface area (Å²) in [6.07, 6.45) is 3.26. The lowest BCUT2D eigenvalue weighted by molar-refractivity contribution is 0.0930. The lowest BCUT2D eigenvalue weighted by Crippen LogP contribution is -2.26. The summed E-state index contributed by atoms with van der Waals surface area (Å²) in [5.41, 5.74) is 1.47. The molecule has 0 fully saturated rings. The maximum absolute atomic E-state index is 13.8. The van der Waals surface area contributed by atoms with Crippen molar-refractivity contribution in [2.45, 2.75) is 13.0 Å². The highest BCUT2D eigenvalue weighted by Gasteiger charge is 2.17. The van der Waals surface area contributed by atoms with E-state index in [9.17, 15) is 9.18 Å². The number of benzene rings is 1. The zero-order valence-electron chi connectivity index (χ0n) is 13.7. The fourth-order valence-corrected chi connectivity index (χ4v) is 2.33. The quantitative estimate of drug-likeness (QED) is 0.770. The maximum atomic E-state index is 13.8. The van der Waals surface area contributed by atoms with Gasteiger partial charge in [-0.15, -0.1) is 0 Å². The van der Waals surface area contributed by atoms with Crippen LogP contribution < -0.4 is 10.1 Å². The average molecular weight is 341 g/mol. The van der Waals surface area contributed by atoms with Crippen molar-refractivity contribution >= 4 is 5.91 Å². The first-order valence-corrected chi connectivity index (χ1v) is 7.60. The minimum atomic E-state index is -0.485. The number of carbonyl (C=O) groups excluding carboxylic acids is 1. The minimum Gasteiger partial charge on any atom is -0.494 e. The number of carbonyl (C=O) groups is 1. The summed E-state index contributed by atoms with van der Waals surface area (Å²) >= 11 is 0. The fourth-order valence-electron chi connectivity index (χ4n) is 2.33. The first-order chi connectivity index (χ1) is 12.1. The molecule has 1 amide bonds. The molecule has 0 saturated carbocycles. The van der Waals surface area contributed by atoms with E-state index in [1.807, 2.05) is 0 Å². The molecule has 7 heteroatoms. The van der Waals surface area contributed by atoms with E-state index in [4.69, 9.17) is 9.26 Å². The number of amides is 1.